The largest absolute Gasteiger partial charge is 0.480 e. The van der Waals surface area contributed by atoms with E-state index in [9.17, 15) is 4.79 Å². The van der Waals surface area contributed by atoms with Gasteiger partial charge in [0.25, 0.3) is 0 Å². The Morgan fingerprint density at radius 1 is 1.64 bits per heavy atom. The summed E-state index contributed by atoms with van der Waals surface area (Å²) in [4.78, 5) is 10.5. The van der Waals surface area contributed by atoms with Crippen LogP contribution in [0.1, 0.15) is 11.1 Å². The van der Waals surface area contributed by atoms with Crippen LogP contribution in [-0.2, 0) is 11.2 Å². The maximum atomic E-state index is 10.5. The molecular formula is C10H10N2O2. The first-order valence-corrected chi connectivity index (χ1v) is 4.11. The molecular weight excluding hydrogens is 180 g/mol. The minimum Gasteiger partial charge on any atom is -0.480 e. The molecule has 4 nitrogen and oxygen atoms in total. The minimum atomic E-state index is -1.03. The van der Waals surface area contributed by atoms with Crippen LogP contribution in [0.4, 0.5) is 0 Å². The Labute approximate surface area is 81.6 Å². The number of hydrogen-bond acceptors (Lipinski definition) is 3. The maximum absolute atomic E-state index is 10.5. The van der Waals surface area contributed by atoms with E-state index in [-0.39, 0.29) is 6.42 Å². The Hall–Kier alpha value is -1.86. The monoisotopic (exact) mass is 190 g/mol. The summed E-state index contributed by atoms with van der Waals surface area (Å²) in [7, 11) is 0. The molecule has 14 heavy (non-hydrogen) atoms. The lowest BCUT2D eigenvalue weighted by Crippen LogP contribution is -2.32. The van der Waals surface area contributed by atoms with Gasteiger partial charge in [0.2, 0.25) is 0 Å². The molecule has 3 N–H and O–H groups in total. The molecule has 0 aliphatic heterocycles. The molecule has 0 amide bonds. The zero-order valence-corrected chi connectivity index (χ0v) is 7.47. The molecule has 1 rings (SSSR count). The molecule has 0 aromatic heterocycles. The molecule has 72 valence electrons. The van der Waals surface area contributed by atoms with E-state index in [2.05, 4.69) is 0 Å². The Morgan fingerprint density at radius 2 is 2.36 bits per heavy atom. The topological polar surface area (TPSA) is 87.1 Å². The van der Waals surface area contributed by atoms with E-state index in [1.54, 1.807) is 24.3 Å². The second-order valence-electron chi connectivity index (χ2n) is 2.96. The van der Waals surface area contributed by atoms with Crippen LogP contribution in [0.15, 0.2) is 24.3 Å². The van der Waals surface area contributed by atoms with Gasteiger partial charge in [-0.15, -0.1) is 0 Å². The molecule has 0 spiro atoms. The predicted molar refractivity (Wildman–Crippen MR) is 50.5 cm³/mol. The van der Waals surface area contributed by atoms with Gasteiger partial charge < -0.3 is 10.8 Å². The van der Waals surface area contributed by atoms with Crippen molar-refractivity contribution < 1.29 is 9.90 Å². The van der Waals surface area contributed by atoms with E-state index < -0.39 is 12.0 Å². The van der Waals surface area contributed by atoms with Crippen LogP contribution in [0.2, 0.25) is 0 Å². The van der Waals surface area contributed by atoms with Crippen molar-refractivity contribution in [3.05, 3.63) is 35.4 Å². The van der Waals surface area contributed by atoms with Gasteiger partial charge in [-0.3, -0.25) is 4.79 Å². The zero-order chi connectivity index (χ0) is 10.6. The van der Waals surface area contributed by atoms with Crippen molar-refractivity contribution in [2.75, 3.05) is 0 Å². The van der Waals surface area contributed by atoms with E-state index in [0.29, 0.717) is 5.56 Å². The van der Waals surface area contributed by atoms with Crippen molar-refractivity contribution in [1.82, 2.24) is 0 Å². The number of nitrogens with zero attached hydrogens (tertiary/aromatic N) is 1. The van der Waals surface area contributed by atoms with Crippen LogP contribution >= 0.6 is 0 Å². The van der Waals surface area contributed by atoms with Crippen LogP contribution in [-0.4, -0.2) is 17.1 Å². The number of nitrogens with two attached hydrogens (primary N) is 1. The van der Waals surface area contributed by atoms with Crippen LogP contribution < -0.4 is 5.73 Å². The lowest BCUT2D eigenvalue weighted by molar-refractivity contribution is -0.138. The Morgan fingerprint density at radius 3 is 2.93 bits per heavy atom. The van der Waals surface area contributed by atoms with Crippen LogP contribution in [0, 0.1) is 11.3 Å². The van der Waals surface area contributed by atoms with E-state index >= 15 is 0 Å². The Balaban J connectivity index is 2.78. The summed E-state index contributed by atoms with van der Waals surface area (Å²) < 4.78 is 0. The fraction of sp³-hybridized carbons (Fsp3) is 0.200. The third-order valence-electron chi connectivity index (χ3n) is 1.83. The standard InChI is InChI=1S/C10H10N2O2/c11-6-8-3-1-2-7(4-8)5-9(12)10(13)14/h1-4,9H,5,12H2,(H,13,14)/t9-/m1/s1. The van der Waals surface area contributed by atoms with Gasteiger partial charge in [-0.25, -0.2) is 0 Å². The molecule has 1 atom stereocenters. The van der Waals surface area contributed by atoms with Crippen molar-refractivity contribution >= 4 is 5.97 Å². The van der Waals surface area contributed by atoms with Gasteiger partial charge in [0.05, 0.1) is 11.6 Å². The molecule has 1 aromatic carbocycles. The van der Waals surface area contributed by atoms with Gasteiger partial charge in [-0.2, -0.15) is 5.26 Å². The summed E-state index contributed by atoms with van der Waals surface area (Å²) in [6, 6.07) is 7.84. The summed E-state index contributed by atoms with van der Waals surface area (Å²) >= 11 is 0. The van der Waals surface area contributed by atoms with Crippen LogP contribution in [0.25, 0.3) is 0 Å². The molecule has 0 saturated heterocycles. The molecule has 0 aliphatic rings. The molecule has 0 bridgehead atoms. The van der Waals surface area contributed by atoms with Gasteiger partial charge in [0.15, 0.2) is 0 Å². The van der Waals surface area contributed by atoms with Gasteiger partial charge in [0, 0.05) is 0 Å². The number of carboxylic acid groups (broad SMARTS) is 1. The normalized spacial score (nSPS) is 11.7. The average molecular weight is 190 g/mol. The lowest BCUT2D eigenvalue weighted by Gasteiger charge is -2.05. The number of hydrogen-bond donors (Lipinski definition) is 2. The van der Waals surface area contributed by atoms with Crippen LogP contribution in [0.3, 0.4) is 0 Å². The smallest absolute Gasteiger partial charge is 0.320 e. The van der Waals surface area contributed by atoms with Crippen molar-refractivity contribution in [3.8, 4) is 6.07 Å². The third-order valence-corrected chi connectivity index (χ3v) is 1.83. The SMILES string of the molecule is N#Cc1cccc(C[C@@H](N)C(=O)O)c1. The molecule has 0 fully saturated rings. The molecule has 1 aromatic rings. The van der Waals surface area contributed by atoms with Gasteiger partial charge in [0.1, 0.15) is 6.04 Å². The molecule has 0 saturated carbocycles. The summed E-state index contributed by atoms with van der Waals surface area (Å²) in [5.74, 6) is -1.03. The minimum absolute atomic E-state index is 0.241. The second-order valence-corrected chi connectivity index (χ2v) is 2.96. The van der Waals surface area contributed by atoms with E-state index in [0.717, 1.165) is 5.56 Å². The van der Waals surface area contributed by atoms with E-state index in [1.165, 1.54) is 0 Å². The highest BCUT2D eigenvalue weighted by Crippen LogP contribution is 2.06. The summed E-state index contributed by atoms with van der Waals surface area (Å²) in [5.41, 5.74) is 6.63. The Kier molecular flexibility index (Phi) is 3.21. The number of aliphatic carboxylic acids is 1. The number of benzene rings is 1. The second kappa shape index (κ2) is 4.40. The van der Waals surface area contributed by atoms with Gasteiger partial charge in [-0.1, -0.05) is 12.1 Å². The first-order chi connectivity index (χ1) is 6.63. The van der Waals surface area contributed by atoms with E-state index in [4.69, 9.17) is 16.1 Å². The fourth-order valence-corrected chi connectivity index (χ4v) is 1.11. The molecule has 0 heterocycles. The number of carbonyl (C=O) groups is 1. The predicted octanol–water partition coefficient (Wildman–Crippen LogP) is 0.513. The quantitative estimate of drug-likeness (QED) is 0.727. The summed E-state index contributed by atoms with van der Waals surface area (Å²) in [6.45, 7) is 0. The maximum Gasteiger partial charge on any atom is 0.320 e. The number of nitriles is 1. The number of rotatable bonds is 3. The lowest BCUT2D eigenvalue weighted by atomic mass is 10.0. The third kappa shape index (κ3) is 2.57. The van der Waals surface area contributed by atoms with Crippen molar-refractivity contribution in [1.29, 1.82) is 5.26 Å². The fourth-order valence-electron chi connectivity index (χ4n) is 1.11. The summed E-state index contributed by atoms with van der Waals surface area (Å²) in [6.07, 6.45) is 0.241. The van der Waals surface area contributed by atoms with Crippen LogP contribution in [0.5, 0.6) is 0 Å². The van der Waals surface area contributed by atoms with Crippen molar-refractivity contribution in [3.63, 3.8) is 0 Å². The first kappa shape index (κ1) is 10.2. The first-order valence-electron chi connectivity index (χ1n) is 4.11. The average Bonchev–Trinajstić information content (AvgIpc) is 2.18. The molecule has 0 unspecified atom stereocenters. The van der Waals surface area contributed by atoms with Crippen molar-refractivity contribution in [2.24, 2.45) is 5.73 Å². The van der Waals surface area contributed by atoms with Gasteiger partial charge in [-0.05, 0) is 24.1 Å². The number of carboxylic acids is 1. The Bertz CT molecular complexity index is 382. The van der Waals surface area contributed by atoms with Gasteiger partial charge >= 0.3 is 5.97 Å². The molecule has 4 heteroatoms. The zero-order valence-electron chi connectivity index (χ0n) is 7.47. The van der Waals surface area contributed by atoms with E-state index in [1.807, 2.05) is 6.07 Å². The molecule has 0 aliphatic carbocycles. The van der Waals surface area contributed by atoms with Crippen molar-refractivity contribution in [2.45, 2.75) is 12.5 Å². The highest BCUT2D eigenvalue weighted by Gasteiger charge is 2.11. The highest BCUT2D eigenvalue weighted by molar-refractivity contribution is 5.73. The summed E-state index contributed by atoms with van der Waals surface area (Å²) in [5, 5.41) is 17.2. The molecule has 0 radical (unpaired) electrons. The highest BCUT2D eigenvalue weighted by atomic mass is 16.4.